The SMILES string of the molecule is OCc1ccc(CC[C@H]2CCC[C@@H](CCc3ccc(CO)cc3)N2)cc1. The summed E-state index contributed by atoms with van der Waals surface area (Å²) < 4.78 is 0. The van der Waals surface area contributed by atoms with Crippen molar-refractivity contribution in [3.8, 4) is 0 Å². The lowest BCUT2D eigenvalue weighted by atomic mass is 9.91. The van der Waals surface area contributed by atoms with Gasteiger partial charge in [-0.05, 0) is 60.8 Å². The van der Waals surface area contributed by atoms with E-state index in [4.69, 9.17) is 10.2 Å². The molecule has 1 heterocycles. The van der Waals surface area contributed by atoms with E-state index < -0.39 is 0 Å². The van der Waals surface area contributed by atoms with Crippen LogP contribution in [0.5, 0.6) is 0 Å². The second-order valence-corrected chi connectivity index (χ2v) is 7.52. The van der Waals surface area contributed by atoms with Gasteiger partial charge in [-0.1, -0.05) is 55.0 Å². The van der Waals surface area contributed by atoms with Crippen molar-refractivity contribution in [2.45, 2.75) is 70.2 Å². The van der Waals surface area contributed by atoms with E-state index in [2.05, 4.69) is 29.6 Å². The van der Waals surface area contributed by atoms with E-state index in [0.29, 0.717) is 12.1 Å². The normalized spacial score (nSPS) is 20.2. The predicted octanol–water partition coefficient (Wildman–Crippen LogP) is 3.75. The third-order valence-electron chi connectivity index (χ3n) is 5.55. The number of aryl methyl sites for hydroxylation is 2. The molecular formula is C23H31NO2. The summed E-state index contributed by atoms with van der Waals surface area (Å²) >= 11 is 0. The van der Waals surface area contributed by atoms with E-state index in [-0.39, 0.29) is 13.2 Å². The Morgan fingerprint density at radius 1 is 0.654 bits per heavy atom. The highest BCUT2D eigenvalue weighted by Gasteiger charge is 2.20. The summed E-state index contributed by atoms with van der Waals surface area (Å²) in [5.41, 5.74) is 4.68. The molecule has 0 spiro atoms. The summed E-state index contributed by atoms with van der Waals surface area (Å²) in [5.74, 6) is 0. The van der Waals surface area contributed by atoms with Gasteiger partial charge in [-0.15, -0.1) is 0 Å². The first-order valence-electron chi connectivity index (χ1n) is 9.90. The first-order valence-corrected chi connectivity index (χ1v) is 9.90. The zero-order valence-electron chi connectivity index (χ0n) is 15.5. The zero-order chi connectivity index (χ0) is 18.2. The van der Waals surface area contributed by atoms with Gasteiger partial charge in [-0.25, -0.2) is 0 Å². The average Bonchev–Trinajstić information content (AvgIpc) is 2.72. The second kappa shape index (κ2) is 9.86. The lowest BCUT2D eigenvalue weighted by Crippen LogP contribution is -2.42. The Kier molecular flexibility index (Phi) is 7.24. The highest BCUT2D eigenvalue weighted by Crippen LogP contribution is 2.20. The summed E-state index contributed by atoms with van der Waals surface area (Å²) in [5, 5.41) is 22.1. The number of aliphatic hydroxyl groups excluding tert-OH is 2. The quantitative estimate of drug-likeness (QED) is 0.677. The van der Waals surface area contributed by atoms with E-state index in [9.17, 15) is 0 Å². The maximum atomic E-state index is 9.13. The molecule has 0 amide bonds. The Bertz CT molecular complexity index is 593. The molecule has 3 nitrogen and oxygen atoms in total. The third kappa shape index (κ3) is 5.66. The molecule has 0 radical (unpaired) electrons. The van der Waals surface area contributed by atoms with Crippen LogP contribution in [0.4, 0.5) is 0 Å². The zero-order valence-corrected chi connectivity index (χ0v) is 15.5. The number of piperidine rings is 1. The number of nitrogens with one attached hydrogen (secondary N) is 1. The van der Waals surface area contributed by atoms with Crippen LogP contribution in [0.25, 0.3) is 0 Å². The van der Waals surface area contributed by atoms with Crippen molar-refractivity contribution in [2.24, 2.45) is 0 Å². The van der Waals surface area contributed by atoms with Crippen LogP contribution in [0, 0.1) is 0 Å². The number of hydrogen-bond donors (Lipinski definition) is 3. The molecule has 2 atom stereocenters. The van der Waals surface area contributed by atoms with Crippen molar-refractivity contribution >= 4 is 0 Å². The molecule has 3 rings (SSSR count). The highest BCUT2D eigenvalue weighted by atomic mass is 16.3. The van der Waals surface area contributed by atoms with E-state index >= 15 is 0 Å². The van der Waals surface area contributed by atoms with Gasteiger partial charge in [0.15, 0.2) is 0 Å². The van der Waals surface area contributed by atoms with Crippen molar-refractivity contribution in [1.29, 1.82) is 0 Å². The van der Waals surface area contributed by atoms with Gasteiger partial charge in [0.25, 0.3) is 0 Å². The van der Waals surface area contributed by atoms with Crippen LogP contribution < -0.4 is 5.32 Å². The molecule has 0 aliphatic carbocycles. The molecule has 0 unspecified atom stereocenters. The van der Waals surface area contributed by atoms with Crippen LogP contribution in [0.1, 0.15) is 54.4 Å². The van der Waals surface area contributed by atoms with Gasteiger partial charge in [0, 0.05) is 12.1 Å². The maximum absolute atomic E-state index is 9.13. The first kappa shape index (κ1) is 19.1. The molecule has 1 aliphatic heterocycles. The third-order valence-corrected chi connectivity index (χ3v) is 5.55. The lowest BCUT2D eigenvalue weighted by molar-refractivity contribution is 0.281. The van der Waals surface area contributed by atoms with Gasteiger partial charge in [-0.2, -0.15) is 0 Å². The molecule has 2 aromatic carbocycles. The van der Waals surface area contributed by atoms with Crippen molar-refractivity contribution in [2.75, 3.05) is 0 Å². The molecule has 3 N–H and O–H groups in total. The molecule has 2 aromatic rings. The summed E-state index contributed by atoms with van der Waals surface area (Å²) in [6, 6.07) is 17.9. The van der Waals surface area contributed by atoms with Gasteiger partial charge < -0.3 is 15.5 Å². The second-order valence-electron chi connectivity index (χ2n) is 7.52. The number of hydrogen-bond acceptors (Lipinski definition) is 3. The first-order chi connectivity index (χ1) is 12.8. The van der Waals surface area contributed by atoms with Gasteiger partial charge in [0.05, 0.1) is 13.2 Å². The summed E-state index contributed by atoms with van der Waals surface area (Å²) in [4.78, 5) is 0. The largest absolute Gasteiger partial charge is 0.392 e. The molecule has 0 saturated carbocycles. The van der Waals surface area contributed by atoms with Crippen LogP contribution in [-0.2, 0) is 26.1 Å². The number of aliphatic hydroxyl groups is 2. The number of benzene rings is 2. The van der Waals surface area contributed by atoms with Gasteiger partial charge in [-0.3, -0.25) is 0 Å². The number of rotatable bonds is 8. The Hall–Kier alpha value is -1.68. The fourth-order valence-electron chi connectivity index (χ4n) is 3.87. The molecule has 1 aliphatic rings. The molecule has 1 fully saturated rings. The van der Waals surface area contributed by atoms with Gasteiger partial charge in [0.2, 0.25) is 0 Å². The van der Waals surface area contributed by atoms with Crippen LogP contribution in [0.15, 0.2) is 48.5 Å². The fraction of sp³-hybridized carbons (Fsp3) is 0.478. The minimum atomic E-state index is 0.120. The summed E-state index contributed by atoms with van der Waals surface area (Å²) in [6.07, 6.45) is 8.42. The van der Waals surface area contributed by atoms with E-state index in [0.717, 1.165) is 24.0 Å². The molecule has 0 bridgehead atoms. The molecule has 26 heavy (non-hydrogen) atoms. The van der Waals surface area contributed by atoms with Crippen LogP contribution in [-0.4, -0.2) is 22.3 Å². The van der Waals surface area contributed by atoms with E-state index in [1.54, 1.807) is 0 Å². The van der Waals surface area contributed by atoms with Crippen LogP contribution in [0.2, 0.25) is 0 Å². The minimum absolute atomic E-state index is 0.120. The smallest absolute Gasteiger partial charge is 0.0681 e. The molecule has 140 valence electrons. The van der Waals surface area contributed by atoms with Gasteiger partial charge in [0.1, 0.15) is 0 Å². The Labute approximate surface area is 157 Å². The van der Waals surface area contributed by atoms with Crippen LogP contribution in [0.3, 0.4) is 0 Å². The Morgan fingerprint density at radius 3 is 1.42 bits per heavy atom. The summed E-state index contributed by atoms with van der Waals surface area (Å²) in [7, 11) is 0. The summed E-state index contributed by atoms with van der Waals surface area (Å²) in [6.45, 7) is 0.240. The minimum Gasteiger partial charge on any atom is -0.392 e. The Balaban J connectivity index is 1.42. The monoisotopic (exact) mass is 353 g/mol. The standard InChI is InChI=1S/C23H31NO2/c25-16-20-8-4-18(5-9-20)12-14-22-2-1-3-23(24-22)15-13-19-6-10-21(17-26)11-7-19/h4-11,22-26H,1-3,12-17H2/t22-,23+. The average molecular weight is 354 g/mol. The fourth-order valence-corrected chi connectivity index (χ4v) is 3.87. The van der Waals surface area contributed by atoms with Crippen LogP contribution >= 0.6 is 0 Å². The topological polar surface area (TPSA) is 52.5 Å². The Morgan fingerprint density at radius 2 is 1.04 bits per heavy atom. The van der Waals surface area contributed by atoms with Crippen molar-refractivity contribution in [3.63, 3.8) is 0 Å². The van der Waals surface area contributed by atoms with Crippen molar-refractivity contribution in [3.05, 3.63) is 70.8 Å². The molecular weight excluding hydrogens is 322 g/mol. The van der Waals surface area contributed by atoms with Gasteiger partial charge >= 0.3 is 0 Å². The maximum Gasteiger partial charge on any atom is 0.0681 e. The van der Waals surface area contributed by atoms with E-state index in [1.165, 1.54) is 43.2 Å². The molecule has 3 heteroatoms. The predicted molar refractivity (Wildman–Crippen MR) is 106 cm³/mol. The lowest BCUT2D eigenvalue weighted by Gasteiger charge is -2.31. The highest BCUT2D eigenvalue weighted by molar-refractivity contribution is 5.23. The van der Waals surface area contributed by atoms with Crippen molar-refractivity contribution < 1.29 is 10.2 Å². The molecule has 1 saturated heterocycles. The van der Waals surface area contributed by atoms with E-state index in [1.807, 2.05) is 24.3 Å². The van der Waals surface area contributed by atoms with Crippen molar-refractivity contribution in [1.82, 2.24) is 5.32 Å². The molecule has 0 aromatic heterocycles.